The quantitative estimate of drug-likeness (QED) is 0.638. The number of nitrogens with zero attached hydrogens (tertiary/aromatic N) is 4. The van der Waals surface area contributed by atoms with Crippen LogP contribution in [0.15, 0.2) is 24.5 Å². The van der Waals surface area contributed by atoms with Crippen LogP contribution >= 0.6 is 0 Å². The van der Waals surface area contributed by atoms with Gasteiger partial charge in [0.25, 0.3) is 5.91 Å². The van der Waals surface area contributed by atoms with E-state index in [4.69, 9.17) is 4.74 Å². The number of carbonyl (C=O) groups is 2. The van der Waals surface area contributed by atoms with Crippen molar-refractivity contribution >= 4 is 17.6 Å². The topological polar surface area (TPSA) is 109 Å². The smallest absolute Gasteiger partial charge is 0.407 e. The minimum atomic E-state index is -1.06. The average molecular weight is 445 g/mol. The molecule has 0 saturated carbocycles. The fraction of sp³-hybridized carbons (Fsp3) is 0.333. The van der Waals surface area contributed by atoms with Crippen molar-refractivity contribution in [3.8, 4) is 11.3 Å². The first-order valence-corrected chi connectivity index (χ1v) is 9.93. The van der Waals surface area contributed by atoms with Gasteiger partial charge in [-0.15, -0.1) is 0 Å². The third-order valence-corrected chi connectivity index (χ3v) is 5.35. The molecular weight excluding hydrogens is 424 g/mol. The van der Waals surface area contributed by atoms with Crippen LogP contribution in [0.25, 0.3) is 16.9 Å². The monoisotopic (exact) mass is 445 g/mol. The lowest BCUT2D eigenvalue weighted by atomic mass is 10.0. The van der Waals surface area contributed by atoms with Gasteiger partial charge in [0.05, 0.1) is 36.2 Å². The third kappa shape index (κ3) is 3.98. The van der Waals surface area contributed by atoms with Gasteiger partial charge in [-0.05, 0) is 19.1 Å². The zero-order chi connectivity index (χ0) is 23.0. The Labute approximate surface area is 181 Å². The highest BCUT2D eigenvalue weighted by atomic mass is 19.1. The molecule has 0 aliphatic carbocycles. The largest absolute Gasteiger partial charge is 0.465 e. The summed E-state index contributed by atoms with van der Waals surface area (Å²) in [5, 5.41) is 11.6. The predicted octanol–water partition coefficient (Wildman–Crippen LogP) is 2.26. The Morgan fingerprint density at radius 1 is 1.28 bits per heavy atom. The number of aromatic nitrogens is 3. The number of aryl methyl sites for hydroxylation is 1. The van der Waals surface area contributed by atoms with E-state index < -0.39 is 29.7 Å². The van der Waals surface area contributed by atoms with Crippen LogP contribution in [0, 0.1) is 18.6 Å². The first kappa shape index (κ1) is 21.6. The summed E-state index contributed by atoms with van der Waals surface area (Å²) < 4.78 is 37.4. The van der Waals surface area contributed by atoms with Crippen molar-refractivity contribution in [3.05, 3.63) is 53.1 Å². The fourth-order valence-corrected chi connectivity index (χ4v) is 3.79. The molecule has 1 aromatic carbocycles. The molecular formula is C21H21F2N5O4. The van der Waals surface area contributed by atoms with Crippen LogP contribution in [0.4, 0.5) is 13.6 Å². The summed E-state index contributed by atoms with van der Waals surface area (Å²) in [4.78, 5) is 33.1. The van der Waals surface area contributed by atoms with E-state index in [0.29, 0.717) is 17.0 Å². The van der Waals surface area contributed by atoms with Crippen molar-refractivity contribution in [2.45, 2.75) is 19.4 Å². The van der Waals surface area contributed by atoms with E-state index in [2.05, 4.69) is 15.3 Å². The number of amides is 2. The first-order valence-electron chi connectivity index (χ1n) is 9.93. The number of imidazole rings is 1. The Morgan fingerprint density at radius 2 is 2.00 bits per heavy atom. The summed E-state index contributed by atoms with van der Waals surface area (Å²) in [5.74, 6) is -2.49. The highest BCUT2D eigenvalue weighted by Gasteiger charge is 2.29. The van der Waals surface area contributed by atoms with Crippen LogP contribution < -0.4 is 5.32 Å². The maximum Gasteiger partial charge on any atom is 0.407 e. The summed E-state index contributed by atoms with van der Waals surface area (Å²) in [6.45, 7) is 2.34. The van der Waals surface area contributed by atoms with Gasteiger partial charge in [0.1, 0.15) is 23.6 Å². The minimum Gasteiger partial charge on any atom is -0.465 e. The number of ether oxygens (including phenoxy) is 1. The number of morpholine rings is 1. The Kier molecular flexibility index (Phi) is 5.74. The predicted molar refractivity (Wildman–Crippen MR) is 110 cm³/mol. The number of nitrogens with one attached hydrogen (secondary N) is 1. The standard InChI is InChI=1S/C21H21F2N5O4/c1-11-5-17-26-19(18-14(22)6-12(7-15(18)23)20(29)24-2)16(28(17)10-25-11)8-13-9-27(21(30)31)3-4-32-13/h5-7,10,13H,3-4,8-9H2,1-2H3,(H,24,29)(H,30,31)/t13-/m0/s1. The van der Waals surface area contributed by atoms with Crippen molar-refractivity contribution in [1.82, 2.24) is 24.6 Å². The van der Waals surface area contributed by atoms with Gasteiger partial charge in [-0.3, -0.25) is 9.20 Å². The SMILES string of the molecule is CNC(=O)c1cc(F)c(-c2nc3cc(C)ncn3c2C[C@H]2CN(C(=O)O)CCO2)c(F)c1. The van der Waals surface area contributed by atoms with Crippen LogP contribution in [-0.2, 0) is 11.2 Å². The van der Waals surface area contributed by atoms with E-state index in [-0.39, 0.29) is 42.9 Å². The highest BCUT2D eigenvalue weighted by Crippen LogP contribution is 2.32. The van der Waals surface area contributed by atoms with Gasteiger partial charge in [0.15, 0.2) is 0 Å². The van der Waals surface area contributed by atoms with Gasteiger partial charge in [-0.1, -0.05) is 0 Å². The zero-order valence-corrected chi connectivity index (χ0v) is 17.4. The van der Waals surface area contributed by atoms with Crippen molar-refractivity contribution in [3.63, 3.8) is 0 Å². The lowest BCUT2D eigenvalue weighted by Gasteiger charge is -2.31. The molecule has 3 heterocycles. The van der Waals surface area contributed by atoms with E-state index in [0.717, 1.165) is 12.1 Å². The van der Waals surface area contributed by atoms with Crippen LogP contribution in [0.5, 0.6) is 0 Å². The van der Waals surface area contributed by atoms with Crippen LogP contribution in [0.3, 0.4) is 0 Å². The number of benzene rings is 1. The van der Waals surface area contributed by atoms with Crippen LogP contribution in [0.1, 0.15) is 21.7 Å². The van der Waals surface area contributed by atoms with E-state index >= 15 is 8.78 Å². The molecule has 11 heteroatoms. The lowest BCUT2D eigenvalue weighted by Crippen LogP contribution is -2.45. The van der Waals surface area contributed by atoms with Gasteiger partial charge in [0.2, 0.25) is 0 Å². The molecule has 168 valence electrons. The van der Waals surface area contributed by atoms with Gasteiger partial charge in [-0.2, -0.15) is 0 Å². The Bertz CT molecular complexity index is 1190. The second-order valence-corrected chi connectivity index (χ2v) is 7.49. The molecule has 0 spiro atoms. The van der Waals surface area contributed by atoms with Gasteiger partial charge < -0.3 is 20.1 Å². The normalized spacial score (nSPS) is 16.4. The molecule has 2 N–H and O–H groups in total. The molecule has 1 fully saturated rings. The van der Waals surface area contributed by atoms with E-state index in [9.17, 15) is 14.7 Å². The molecule has 1 atom stereocenters. The average Bonchev–Trinajstić information content (AvgIpc) is 3.09. The second-order valence-electron chi connectivity index (χ2n) is 7.49. The molecule has 2 aromatic heterocycles. The number of carbonyl (C=O) groups excluding carboxylic acids is 1. The van der Waals surface area contributed by atoms with Crippen LogP contribution in [-0.4, -0.2) is 69.2 Å². The molecule has 0 radical (unpaired) electrons. The maximum absolute atomic E-state index is 15.0. The summed E-state index contributed by atoms with van der Waals surface area (Å²) in [7, 11) is 1.37. The minimum absolute atomic E-state index is 0.0481. The summed E-state index contributed by atoms with van der Waals surface area (Å²) in [6.07, 6.45) is 0.0660. The Morgan fingerprint density at radius 3 is 2.66 bits per heavy atom. The van der Waals surface area contributed by atoms with Gasteiger partial charge in [-0.25, -0.2) is 23.5 Å². The molecule has 3 aromatic rings. The number of hydrogen-bond donors (Lipinski definition) is 2. The Balaban J connectivity index is 1.82. The molecule has 0 unspecified atom stereocenters. The molecule has 9 nitrogen and oxygen atoms in total. The van der Waals surface area contributed by atoms with E-state index in [1.807, 2.05) is 0 Å². The molecule has 1 aliphatic heterocycles. The van der Waals surface area contributed by atoms with E-state index in [1.54, 1.807) is 17.4 Å². The molecule has 1 saturated heterocycles. The highest BCUT2D eigenvalue weighted by molar-refractivity contribution is 5.94. The van der Waals surface area contributed by atoms with E-state index in [1.165, 1.54) is 18.3 Å². The third-order valence-electron chi connectivity index (χ3n) is 5.35. The molecule has 1 aliphatic rings. The van der Waals surface area contributed by atoms with Crippen molar-refractivity contribution in [1.29, 1.82) is 0 Å². The number of rotatable bonds is 4. The number of fused-ring (bicyclic) bond motifs is 1. The fourth-order valence-electron chi connectivity index (χ4n) is 3.79. The number of hydrogen-bond acceptors (Lipinski definition) is 5. The summed E-state index contributed by atoms with van der Waals surface area (Å²) in [6, 6.07) is 3.59. The van der Waals surface area contributed by atoms with Crippen molar-refractivity contribution < 1.29 is 28.2 Å². The lowest BCUT2D eigenvalue weighted by molar-refractivity contribution is -0.0215. The van der Waals surface area contributed by atoms with Gasteiger partial charge >= 0.3 is 6.09 Å². The number of carboxylic acid groups (broad SMARTS) is 1. The van der Waals surface area contributed by atoms with Crippen molar-refractivity contribution in [2.75, 3.05) is 26.7 Å². The van der Waals surface area contributed by atoms with Gasteiger partial charge in [0, 0.05) is 37.3 Å². The van der Waals surface area contributed by atoms with Crippen molar-refractivity contribution in [2.24, 2.45) is 0 Å². The zero-order valence-electron chi connectivity index (χ0n) is 17.4. The summed E-state index contributed by atoms with van der Waals surface area (Å²) >= 11 is 0. The van der Waals surface area contributed by atoms with Crippen LogP contribution in [0.2, 0.25) is 0 Å². The molecule has 0 bridgehead atoms. The molecule has 32 heavy (non-hydrogen) atoms. The second kappa shape index (κ2) is 8.50. The first-order chi connectivity index (χ1) is 15.3. The molecule has 4 rings (SSSR count). The number of halogens is 2. The molecule has 2 amide bonds. The Hall–Kier alpha value is -3.60. The summed E-state index contributed by atoms with van der Waals surface area (Å²) in [5.41, 5.74) is 1.05. The maximum atomic E-state index is 15.0.